The fourth-order valence-electron chi connectivity index (χ4n) is 1.22. The van der Waals surface area contributed by atoms with Crippen molar-refractivity contribution in [1.29, 1.82) is 0 Å². The third-order valence-corrected chi connectivity index (χ3v) is 3.19. The first kappa shape index (κ1) is 13.7. The monoisotopic (exact) mass is 261 g/mol. The van der Waals surface area contributed by atoms with E-state index in [9.17, 15) is 13.2 Å². The first-order valence-corrected chi connectivity index (χ1v) is 6.91. The summed E-state index contributed by atoms with van der Waals surface area (Å²) in [7, 11) is -3.48. The molecule has 0 saturated carbocycles. The maximum Gasteiger partial charge on any atom is 0.321 e. The van der Waals surface area contributed by atoms with Crippen molar-refractivity contribution < 1.29 is 22.4 Å². The third-order valence-electron chi connectivity index (χ3n) is 1.99. The van der Waals surface area contributed by atoms with E-state index in [-0.39, 0.29) is 19.7 Å². The van der Waals surface area contributed by atoms with Crippen LogP contribution in [0.2, 0.25) is 0 Å². The van der Waals surface area contributed by atoms with E-state index in [0.717, 1.165) is 10.6 Å². The number of hydrogen-bond donors (Lipinski definition) is 0. The molecule has 0 saturated heterocycles. The van der Waals surface area contributed by atoms with Crippen LogP contribution in [-0.2, 0) is 26.1 Å². The van der Waals surface area contributed by atoms with Gasteiger partial charge in [-0.15, -0.1) is 0 Å². The van der Waals surface area contributed by atoms with Crippen molar-refractivity contribution in [1.82, 2.24) is 4.31 Å². The van der Waals surface area contributed by atoms with Crippen molar-refractivity contribution in [2.24, 2.45) is 0 Å². The Hall–Kier alpha value is -1.34. The number of carbonyl (C=O) groups is 1. The van der Waals surface area contributed by atoms with E-state index in [4.69, 9.17) is 9.15 Å². The van der Waals surface area contributed by atoms with Gasteiger partial charge in [-0.1, -0.05) is 0 Å². The maximum atomic E-state index is 11.5. The first-order chi connectivity index (χ1) is 7.93. The minimum Gasteiger partial charge on any atom is -0.468 e. The quantitative estimate of drug-likeness (QED) is 0.701. The Kier molecular flexibility index (Phi) is 4.71. The van der Waals surface area contributed by atoms with Crippen LogP contribution in [-0.4, -0.2) is 38.1 Å². The van der Waals surface area contributed by atoms with E-state index in [1.807, 2.05) is 0 Å². The molecule has 6 nitrogen and oxygen atoms in total. The maximum absolute atomic E-state index is 11.5. The van der Waals surface area contributed by atoms with Gasteiger partial charge in [-0.3, -0.25) is 4.79 Å². The molecular formula is C10H15NO5S. The van der Waals surface area contributed by atoms with Crippen LogP contribution >= 0.6 is 0 Å². The Bertz CT molecular complexity index is 451. The Morgan fingerprint density at radius 1 is 1.53 bits per heavy atom. The molecule has 0 spiro atoms. The van der Waals surface area contributed by atoms with Crippen molar-refractivity contribution in [2.45, 2.75) is 13.5 Å². The van der Waals surface area contributed by atoms with E-state index in [0.29, 0.717) is 5.76 Å². The highest BCUT2D eigenvalue weighted by Gasteiger charge is 2.22. The molecule has 0 fully saturated rings. The molecule has 0 amide bonds. The predicted octanol–water partition coefficient (Wildman–Crippen LogP) is 0.604. The topological polar surface area (TPSA) is 76.8 Å². The number of furan rings is 1. The molecule has 0 aliphatic rings. The van der Waals surface area contributed by atoms with Crippen molar-refractivity contribution >= 4 is 16.0 Å². The summed E-state index contributed by atoms with van der Waals surface area (Å²) in [5, 5.41) is 0. The second-order valence-electron chi connectivity index (χ2n) is 3.42. The zero-order valence-electron chi connectivity index (χ0n) is 9.75. The smallest absolute Gasteiger partial charge is 0.321 e. The lowest BCUT2D eigenvalue weighted by molar-refractivity contribution is -0.143. The number of esters is 1. The lowest BCUT2D eigenvalue weighted by atomic mass is 10.4. The summed E-state index contributed by atoms with van der Waals surface area (Å²) in [5.41, 5.74) is 0. The Balaban J connectivity index is 2.72. The number of hydrogen-bond acceptors (Lipinski definition) is 5. The fourth-order valence-corrected chi connectivity index (χ4v) is 1.92. The first-order valence-electron chi connectivity index (χ1n) is 5.06. The Labute approximate surface area is 100 Å². The van der Waals surface area contributed by atoms with Crippen LogP contribution in [0.5, 0.6) is 0 Å². The summed E-state index contributed by atoms with van der Waals surface area (Å²) in [6.07, 6.45) is 2.48. The van der Waals surface area contributed by atoms with Crippen LogP contribution < -0.4 is 0 Å². The summed E-state index contributed by atoms with van der Waals surface area (Å²) in [5.74, 6) is -0.107. The molecule has 0 atom stereocenters. The summed E-state index contributed by atoms with van der Waals surface area (Å²) in [6.45, 7) is 1.59. The van der Waals surface area contributed by atoms with Crippen molar-refractivity contribution in [2.75, 3.05) is 19.4 Å². The van der Waals surface area contributed by atoms with Gasteiger partial charge in [-0.05, 0) is 19.1 Å². The number of rotatable bonds is 6. The molecule has 0 aliphatic carbocycles. The van der Waals surface area contributed by atoms with Gasteiger partial charge in [0.25, 0.3) is 0 Å². The summed E-state index contributed by atoms with van der Waals surface area (Å²) >= 11 is 0. The van der Waals surface area contributed by atoms with Crippen LogP contribution in [0.3, 0.4) is 0 Å². The molecular weight excluding hydrogens is 246 g/mol. The van der Waals surface area contributed by atoms with Gasteiger partial charge in [-0.2, -0.15) is 4.31 Å². The normalized spacial score (nSPS) is 11.7. The molecule has 1 heterocycles. The Morgan fingerprint density at radius 3 is 2.71 bits per heavy atom. The predicted molar refractivity (Wildman–Crippen MR) is 60.6 cm³/mol. The van der Waals surface area contributed by atoms with E-state index in [1.54, 1.807) is 19.1 Å². The van der Waals surface area contributed by atoms with Crippen LogP contribution in [0.15, 0.2) is 22.8 Å². The molecule has 0 bridgehead atoms. The van der Waals surface area contributed by atoms with Gasteiger partial charge in [0, 0.05) is 0 Å². The molecule has 1 aromatic heterocycles. The SMILES string of the molecule is CCOC(=O)CN(Cc1ccco1)S(C)(=O)=O. The van der Waals surface area contributed by atoms with E-state index < -0.39 is 16.0 Å². The molecule has 1 rings (SSSR count). The van der Waals surface area contributed by atoms with Crippen molar-refractivity contribution in [3.05, 3.63) is 24.2 Å². The molecule has 17 heavy (non-hydrogen) atoms. The Morgan fingerprint density at radius 2 is 2.24 bits per heavy atom. The van der Waals surface area contributed by atoms with Gasteiger partial charge in [0.1, 0.15) is 12.3 Å². The molecule has 7 heteroatoms. The highest BCUT2D eigenvalue weighted by molar-refractivity contribution is 7.88. The van der Waals surface area contributed by atoms with E-state index in [1.165, 1.54) is 6.26 Å². The van der Waals surface area contributed by atoms with Gasteiger partial charge in [0.2, 0.25) is 10.0 Å². The van der Waals surface area contributed by atoms with Crippen molar-refractivity contribution in [3.63, 3.8) is 0 Å². The molecule has 0 aliphatic heterocycles. The highest BCUT2D eigenvalue weighted by atomic mass is 32.2. The number of carbonyl (C=O) groups excluding carboxylic acids is 1. The zero-order chi connectivity index (χ0) is 12.9. The van der Waals surface area contributed by atoms with Gasteiger partial charge < -0.3 is 9.15 Å². The summed E-state index contributed by atoms with van der Waals surface area (Å²) in [6, 6.07) is 3.30. The van der Waals surface area contributed by atoms with Gasteiger partial charge in [0.05, 0.1) is 25.7 Å². The lowest BCUT2D eigenvalue weighted by Gasteiger charge is -2.17. The molecule has 96 valence electrons. The molecule has 1 aromatic rings. The number of sulfonamides is 1. The summed E-state index contributed by atoms with van der Waals surface area (Å²) in [4.78, 5) is 11.3. The summed E-state index contributed by atoms with van der Waals surface area (Å²) < 4.78 is 33.7. The standard InChI is InChI=1S/C10H15NO5S/c1-3-15-10(12)8-11(17(2,13)14)7-9-5-4-6-16-9/h4-6H,3,7-8H2,1-2H3. The average Bonchev–Trinajstić information content (AvgIpc) is 2.68. The third kappa shape index (κ3) is 4.58. The minimum atomic E-state index is -3.48. The number of nitrogens with zero attached hydrogens (tertiary/aromatic N) is 1. The zero-order valence-corrected chi connectivity index (χ0v) is 10.6. The fraction of sp³-hybridized carbons (Fsp3) is 0.500. The second kappa shape index (κ2) is 5.83. The van der Waals surface area contributed by atoms with E-state index in [2.05, 4.69) is 0 Å². The van der Waals surface area contributed by atoms with Crippen LogP contribution in [0.4, 0.5) is 0 Å². The minimum absolute atomic E-state index is 0.0185. The molecule has 0 aromatic carbocycles. The van der Waals surface area contributed by atoms with Crippen LogP contribution in [0.25, 0.3) is 0 Å². The van der Waals surface area contributed by atoms with Crippen molar-refractivity contribution in [3.8, 4) is 0 Å². The molecule has 0 N–H and O–H groups in total. The van der Waals surface area contributed by atoms with Crippen LogP contribution in [0, 0.1) is 0 Å². The van der Waals surface area contributed by atoms with Gasteiger partial charge >= 0.3 is 5.97 Å². The van der Waals surface area contributed by atoms with E-state index >= 15 is 0 Å². The van der Waals surface area contributed by atoms with Gasteiger partial charge in [0.15, 0.2) is 0 Å². The number of ether oxygens (including phenoxy) is 1. The average molecular weight is 261 g/mol. The lowest BCUT2D eigenvalue weighted by Crippen LogP contribution is -2.35. The largest absolute Gasteiger partial charge is 0.468 e. The van der Waals surface area contributed by atoms with Gasteiger partial charge in [-0.25, -0.2) is 8.42 Å². The van der Waals surface area contributed by atoms with Crippen LogP contribution in [0.1, 0.15) is 12.7 Å². The second-order valence-corrected chi connectivity index (χ2v) is 5.40. The molecule has 0 unspecified atom stereocenters. The highest BCUT2D eigenvalue weighted by Crippen LogP contribution is 2.08. The molecule has 0 radical (unpaired) electrons.